The van der Waals surface area contributed by atoms with Crippen LogP contribution in [-0.2, 0) is 25.6 Å². The zero-order valence-corrected chi connectivity index (χ0v) is 16.8. The lowest BCUT2D eigenvalue weighted by molar-refractivity contribution is -0.148. The van der Waals surface area contributed by atoms with E-state index in [2.05, 4.69) is 6.92 Å². The highest BCUT2D eigenvalue weighted by molar-refractivity contribution is 5.80. The summed E-state index contributed by atoms with van der Waals surface area (Å²) in [5.74, 6) is -0.412. The summed E-state index contributed by atoms with van der Waals surface area (Å²) in [7, 11) is 1.53. The van der Waals surface area contributed by atoms with Crippen LogP contribution in [0.5, 0.6) is 0 Å². The lowest BCUT2D eigenvalue weighted by Gasteiger charge is -2.22. The van der Waals surface area contributed by atoms with Gasteiger partial charge in [0.05, 0.1) is 19.8 Å². The minimum atomic E-state index is -0.682. The maximum absolute atomic E-state index is 12.0. The molecule has 1 aromatic rings. The van der Waals surface area contributed by atoms with Gasteiger partial charge in [0.2, 0.25) is 0 Å². The van der Waals surface area contributed by atoms with Crippen molar-refractivity contribution >= 4 is 12.1 Å². The molecule has 0 fully saturated rings. The van der Waals surface area contributed by atoms with Gasteiger partial charge in [0, 0.05) is 7.05 Å². The van der Waals surface area contributed by atoms with E-state index in [0.29, 0.717) is 19.8 Å². The minimum absolute atomic E-state index is 0.134. The van der Waals surface area contributed by atoms with Gasteiger partial charge < -0.3 is 14.2 Å². The van der Waals surface area contributed by atoms with Gasteiger partial charge in [-0.3, -0.25) is 4.90 Å². The molecule has 0 aliphatic heterocycles. The Kier molecular flexibility index (Phi) is 11.9. The highest BCUT2D eigenvalue weighted by Crippen LogP contribution is 2.06. The van der Waals surface area contributed by atoms with Gasteiger partial charge in [-0.1, -0.05) is 62.9 Å². The van der Waals surface area contributed by atoms with Crippen molar-refractivity contribution < 1.29 is 23.8 Å². The highest BCUT2D eigenvalue weighted by atomic mass is 16.6. The van der Waals surface area contributed by atoms with Gasteiger partial charge in [-0.15, -0.1) is 0 Å². The molecule has 0 saturated carbocycles. The molecule has 0 aromatic heterocycles. The number of carbonyl (C=O) groups is 2. The van der Waals surface area contributed by atoms with Crippen LogP contribution in [0, 0.1) is 0 Å². The van der Waals surface area contributed by atoms with Crippen LogP contribution >= 0.6 is 0 Å². The maximum atomic E-state index is 12.0. The molecule has 0 aliphatic rings. The zero-order valence-electron chi connectivity index (χ0n) is 16.8. The Labute approximate surface area is 162 Å². The molecule has 1 rings (SSSR count). The van der Waals surface area contributed by atoms with E-state index in [-0.39, 0.29) is 6.61 Å². The van der Waals surface area contributed by atoms with E-state index in [1.807, 2.05) is 30.3 Å². The summed E-state index contributed by atoms with van der Waals surface area (Å²) in [4.78, 5) is 25.3. The number of hydrogen-bond acceptors (Lipinski definition) is 5. The van der Waals surface area contributed by atoms with Crippen LogP contribution in [0.1, 0.15) is 51.5 Å². The average molecular weight is 379 g/mol. The highest BCUT2D eigenvalue weighted by Gasteiger charge is 2.24. The maximum Gasteiger partial charge on any atom is 0.410 e. The first-order chi connectivity index (χ1) is 13.1. The Morgan fingerprint density at radius 3 is 2.37 bits per heavy atom. The van der Waals surface area contributed by atoms with Crippen LogP contribution in [0.2, 0.25) is 0 Å². The van der Waals surface area contributed by atoms with E-state index < -0.39 is 18.1 Å². The molecule has 1 atom stereocenters. The molecule has 1 aromatic carbocycles. The van der Waals surface area contributed by atoms with Crippen molar-refractivity contribution in [1.82, 2.24) is 4.90 Å². The average Bonchev–Trinajstić information content (AvgIpc) is 2.69. The molecule has 0 spiro atoms. The van der Waals surface area contributed by atoms with Crippen LogP contribution in [0.3, 0.4) is 0 Å². The second kappa shape index (κ2) is 14.0. The van der Waals surface area contributed by atoms with Gasteiger partial charge in [-0.05, 0) is 18.9 Å². The predicted octanol–water partition coefficient (Wildman–Crippen LogP) is 4.17. The summed E-state index contributed by atoms with van der Waals surface area (Å²) in [5.41, 5.74) is 1.06. The molecule has 1 unspecified atom stereocenters. The summed E-state index contributed by atoms with van der Waals surface area (Å²) in [5, 5.41) is 0. The Hall–Kier alpha value is -2.08. The lowest BCUT2D eigenvalue weighted by Crippen LogP contribution is -2.42. The largest absolute Gasteiger partial charge is 0.464 e. The Bertz CT molecular complexity index is 535. The first kappa shape index (κ1) is 23.0. The first-order valence-corrected chi connectivity index (χ1v) is 9.74. The number of ether oxygens (including phenoxy) is 3. The Morgan fingerprint density at radius 1 is 0.963 bits per heavy atom. The fourth-order valence-corrected chi connectivity index (χ4v) is 2.37. The van der Waals surface area contributed by atoms with Crippen molar-refractivity contribution in [1.29, 1.82) is 0 Å². The van der Waals surface area contributed by atoms with Crippen molar-refractivity contribution in [3.05, 3.63) is 35.9 Å². The molecule has 6 heteroatoms. The molecule has 0 saturated heterocycles. The fraction of sp³-hybridized carbons (Fsp3) is 0.619. The normalized spacial score (nSPS) is 11.7. The van der Waals surface area contributed by atoms with Gasteiger partial charge in [0.1, 0.15) is 12.6 Å². The van der Waals surface area contributed by atoms with Crippen molar-refractivity contribution in [3.8, 4) is 0 Å². The van der Waals surface area contributed by atoms with Crippen molar-refractivity contribution in [2.75, 3.05) is 26.9 Å². The number of benzene rings is 1. The van der Waals surface area contributed by atoms with Crippen molar-refractivity contribution in [3.63, 3.8) is 0 Å². The fourth-order valence-electron chi connectivity index (χ4n) is 2.37. The zero-order chi connectivity index (χ0) is 19.9. The van der Waals surface area contributed by atoms with Crippen LogP contribution in [0.15, 0.2) is 30.3 Å². The third-order valence-electron chi connectivity index (χ3n) is 4.27. The Morgan fingerprint density at radius 2 is 1.67 bits per heavy atom. The van der Waals surface area contributed by atoms with Gasteiger partial charge in [-0.25, -0.2) is 9.59 Å². The van der Waals surface area contributed by atoms with Gasteiger partial charge in [0.15, 0.2) is 0 Å². The topological polar surface area (TPSA) is 65.1 Å². The number of carbonyl (C=O) groups excluding carboxylic acids is 2. The van der Waals surface area contributed by atoms with Crippen LogP contribution in [0.25, 0.3) is 0 Å². The van der Waals surface area contributed by atoms with E-state index in [1.54, 1.807) is 6.92 Å². The van der Waals surface area contributed by atoms with Gasteiger partial charge in [-0.2, -0.15) is 0 Å². The number of esters is 1. The monoisotopic (exact) mass is 379 g/mol. The van der Waals surface area contributed by atoms with Crippen LogP contribution in [0.4, 0.5) is 4.79 Å². The smallest absolute Gasteiger partial charge is 0.410 e. The predicted molar refractivity (Wildman–Crippen MR) is 104 cm³/mol. The van der Waals surface area contributed by atoms with Crippen LogP contribution < -0.4 is 0 Å². The summed E-state index contributed by atoms with van der Waals surface area (Å²) >= 11 is 0. The molecule has 0 radical (unpaired) electrons. The summed E-state index contributed by atoms with van der Waals surface area (Å²) in [6.45, 7) is 5.08. The first-order valence-electron chi connectivity index (χ1n) is 9.74. The van der Waals surface area contributed by atoms with E-state index >= 15 is 0 Å². The SMILES string of the molecule is CCCCCCCOC(=O)C(C)N(C)C(=O)OCCOCc1ccccc1. The van der Waals surface area contributed by atoms with E-state index in [1.165, 1.54) is 24.8 Å². The van der Waals surface area contributed by atoms with E-state index in [4.69, 9.17) is 14.2 Å². The second-order valence-corrected chi connectivity index (χ2v) is 6.52. The second-order valence-electron chi connectivity index (χ2n) is 6.52. The lowest BCUT2D eigenvalue weighted by atomic mass is 10.2. The molecular weight excluding hydrogens is 346 g/mol. The molecule has 0 bridgehead atoms. The molecule has 6 nitrogen and oxygen atoms in total. The minimum Gasteiger partial charge on any atom is -0.464 e. The molecule has 0 aliphatic carbocycles. The number of unbranched alkanes of at least 4 members (excludes halogenated alkanes) is 4. The number of nitrogens with zero attached hydrogens (tertiary/aromatic N) is 1. The molecule has 1 amide bonds. The summed E-state index contributed by atoms with van der Waals surface area (Å²) in [6.07, 6.45) is 4.88. The summed E-state index contributed by atoms with van der Waals surface area (Å²) < 4.78 is 15.8. The van der Waals surface area contributed by atoms with Gasteiger partial charge >= 0.3 is 12.1 Å². The molecular formula is C21H33NO5. The number of rotatable bonds is 13. The summed E-state index contributed by atoms with van der Waals surface area (Å²) in [6, 6.07) is 9.09. The Balaban J connectivity index is 2.14. The van der Waals surface area contributed by atoms with E-state index in [9.17, 15) is 9.59 Å². The van der Waals surface area contributed by atoms with Crippen molar-refractivity contribution in [2.24, 2.45) is 0 Å². The molecule has 27 heavy (non-hydrogen) atoms. The molecule has 0 heterocycles. The third-order valence-corrected chi connectivity index (χ3v) is 4.27. The molecule has 0 N–H and O–H groups in total. The number of amides is 1. The van der Waals surface area contributed by atoms with E-state index in [0.717, 1.165) is 24.8 Å². The standard InChI is InChI=1S/C21H33NO5/c1-4-5-6-7-11-14-26-20(23)18(2)22(3)21(24)27-16-15-25-17-19-12-9-8-10-13-19/h8-10,12-13,18H,4-7,11,14-17H2,1-3H3. The van der Waals surface area contributed by atoms with Crippen LogP contribution in [-0.4, -0.2) is 49.9 Å². The van der Waals surface area contributed by atoms with Crippen molar-refractivity contribution in [2.45, 2.75) is 58.6 Å². The van der Waals surface area contributed by atoms with Gasteiger partial charge in [0.25, 0.3) is 0 Å². The molecule has 152 valence electrons. The number of likely N-dealkylation sites (N-methyl/N-ethyl adjacent to an activating group) is 1. The number of hydrogen-bond donors (Lipinski definition) is 0. The quantitative estimate of drug-likeness (QED) is 0.380. The third kappa shape index (κ3) is 9.99.